The van der Waals surface area contributed by atoms with Crippen molar-refractivity contribution in [3.8, 4) is 5.75 Å². The number of unbranched alkanes of at least 4 members (excludes halogenated alkanes) is 1. The van der Waals surface area contributed by atoms with Gasteiger partial charge in [-0.05, 0) is 133 Å². The van der Waals surface area contributed by atoms with E-state index in [0.29, 0.717) is 25.7 Å². The van der Waals surface area contributed by atoms with Crippen LogP contribution in [0.3, 0.4) is 0 Å². The van der Waals surface area contributed by atoms with Crippen molar-refractivity contribution in [3.05, 3.63) is 29.8 Å². The number of hydrogen-bond donors (Lipinski definition) is 34. The second-order valence-corrected chi connectivity index (χ2v) is 37.3. The lowest BCUT2D eigenvalue weighted by molar-refractivity contribution is -0.143. The Balaban J connectivity index is 3.22. The number of aliphatic hydroxyl groups is 3. The lowest BCUT2D eigenvalue weighted by atomic mass is 9.96. The van der Waals surface area contributed by atoms with Gasteiger partial charge in [-0.1, -0.05) is 87.8 Å². The molecule has 0 aliphatic rings. The van der Waals surface area contributed by atoms with Crippen molar-refractivity contribution >= 4 is 154 Å². The van der Waals surface area contributed by atoms with Crippen molar-refractivity contribution in [2.24, 2.45) is 64.0 Å². The molecule has 1 rings (SSSR count). The minimum atomic E-state index is -2.12. The first-order valence-corrected chi connectivity index (χ1v) is 48.5. The highest BCUT2D eigenvalue weighted by Gasteiger charge is 2.42. The van der Waals surface area contributed by atoms with Gasteiger partial charge in [0.05, 0.1) is 57.7 Å². The number of guanidine groups is 1. The Kier molecular flexibility index (Phi) is 59.3. The van der Waals surface area contributed by atoms with E-state index in [9.17, 15) is 151 Å². The third-order valence-electron chi connectivity index (χ3n) is 22.8. The van der Waals surface area contributed by atoms with Crippen LogP contribution in [0.5, 0.6) is 5.75 Å². The number of aromatic hydroxyl groups is 1. The second kappa shape index (κ2) is 66.9. The molecule has 0 fully saturated rings. The molecule has 1 aromatic rings. The van der Waals surface area contributed by atoms with Crippen LogP contribution in [0.25, 0.3) is 0 Å². The van der Waals surface area contributed by atoms with Crippen LogP contribution in [0.1, 0.15) is 186 Å². The minimum absolute atomic E-state index is 0.0643. The number of hydrogen-bond acceptors (Lipinski definition) is 32. The van der Waals surface area contributed by atoms with E-state index < -0.39 is 357 Å². The summed E-state index contributed by atoms with van der Waals surface area (Å²) in [5.41, 5.74) is 33.4. The number of phenolic OH excluding ortho intramolecular Hbond substituents is 1. The highest BCUT2D eigenvalue weighted by molar-refractivity contribution is 6.04. The number of nitrogens with two attached hydrogens (primary N) is 6. The molecule has 0 aromatic heterocycles. The van der Waals surface area contributed by atoms with Gasteiger partial charge in [-0.15, -0.1) is 0 Å². The predicted octanol–water partition coefficient (Wildman–Crippen LogP) is -13.3. The molecule has 59 nitrogen and oxygen atoms in total. The monoisotopic (exact) mass is 2130 g/mol. The number of aliphatic carboxylic acids is 2. The van der Waals surface area contributed by atoms with Gasteiger partial charge >= 0.3 is 11.9 Å². The lowest BCUT2D eigenvalue weighted by Gasteiger charge is -2.29. The normalized spacial score (nSPS) is 15.3. The first kappa shape index (κ1) is 133. The molecular formula is C91H152N28O31. The van der Waals surface area contributed by atoms with E-state index >= 15 is 0 Å². The van der Waals surface area contributed by atoms with E-state index in [0.717, 1.165) is 13.8 Å². The lowest BCUT2D eigenvalue weighted by Crippen LogP contribution is -2.62. The van der Waals surface area contributed by atoms with Gasteiger partial charge in [0.25, 0.3) is 0 Å². The third kappa shape index (κ3) is 49.6. The Hall–Kier alpha value is -15.2. The number of carbonyl (C=O) groups is 25. The van der Waals surface area contributed by atoms with Gasteiger partial charge in [0.1, 0.15) is 115 Å². The fourth-order valence-corrected chi connectivity index (χ4v) is 13.9. The molecule has 0 aliphatic carbocycles. The van der Waals surface area contributed by atoms with Crippen LogP contribution < -0.4 is 146 Å². The average Bonchev–Trinajstić information content (AvgIpc) is 0.842. The Morgan fingerprint density at radius 3 is 1.17 bits per heavy atom. The fourth-order valence-electron chi connectivity index (χ4n) is 13.9. The molecule has 150 heavy (non-hydrogen) atoms. The Morgan fingerprint density at radius 2 is 0.700 bits per heavy atom. The minimum Gasteiger partial charge on any atom is -0.508 e. The van der Waals surface area contributed by atoms with E-state index in [1.807, 2.05) is 0 Å². The van der Waals surface area contributed by atoms with Crippen LogP contribution in [0.15, 0.2) is 24.3 Å². The quantitative estimate of drug-likeness (QED) is 0.0164. The van der Waals surface area contributed by atoms with Crippen LogP contribution in [-0.4, -0.2) is 345 Å². The Labute approximate surface area is 865 Å². The predicted molar refractivity (Wildman–Crippen MR) is 531 cm³/mol. The molecule has 1 aromatic carbocycles. The van der Waals surface area contributed by atoms with E-state index in [-0.39, 0.29) is 55.5 Å². The summed E-state index contributed by atoms with van der Waals surface area (Å²) in [5.74, 6) is -32.5. The topological polar surface area (TPSA) is 981 Å². The average molecular weight is 2130 g/mol. The number of primary amides is 3. The summed E-state index contributed by atoms with van der Waals surface area (Å²) in [7, 11) is 0. The van der Waals surface area contributed by atoms with Gasteiger partial charge in [-0.2, -0.15) is 0 Å². The molecule has 0 saturated carbocycles. The number of benzene rings is 1. The Bertz CT molecular complexity index is 4850. The number of nitrogens with one attached hydrogen (secondary N) is 22. The van der Waals surface area contributed by atoms with Crippen molar-refractivity contribution < 1.29 is 151 Å². The smallest absolute Gasteiger partial charge is 0.326 e. The van der Waals surface area contributed by atoms with Gasteiger partial charge < -0.3 is 177 Å². The molecule has 40 N–H and O–H groups in total. The van der Waals surface area contributed by atoms with Crippen molar-refractivity contribution in [2.75, 3.05) is 39.4 Å². The maximum Gasteiger partial charge on any atom is 0.326 e. The molecule has 0 saturated heterocycles. The molecular weight excluding hydrogens is 1980 g/mol. The zero-order chi connectivity index (χ0) is 115. The number of carboxylic acids is 2. The largest absolute Gasteiger partial charge is 0.508 e. The van der Waals surface area contributed by atoms with Crippen molar-refractivity contribution in [3.63, 3.8) is 0 Å². The van der Waals surface area contributed by atoms with Crippen LogP contribution in [-0.2, 0) is 126 Å². The molecule has 21 atom stereocenters. The third-order valence-corrected chi connectivity index (χ3v) is 22.8. The van der Waals surface area contributed by atoms with Crippen LogP contribution >= 0.6 is 0 Å². The number of phenols is 1. The highest BCUT2D eigenvalue weighted by atomic mass is 16.4. The van der Waals surface area contributed by atoms with Crippen LogP contribution in [0, 0.1) is 35.0 Å². The number of amides is 23. The maximum absolute atomic E-state index is 14.3. The summed E-state index contributed by atoms with van der Waals surface area (Å²) >= 11 is 0. The Morgan fingerprint density at radius 1 is 0.347 bits per heavy atom. The van der Waals surface area contributed by atoms with Crippen LogP contribution in [0.4, 0.5) is 0 Å². The van der Waals surface area contributed by atoms with Gasteiger partial charge in [-0.3, -0.25) is 120 Å². The van der Waals surface area contributed by atoms with Gasteiger partial charge in [0.2, 0.25) is 136 Å². The number of carbonyl (C=O) groups excluding carboxylic acids is 23. The van der Waals surface area contributed by atoms with Gasteiger partial charge in [-0.25, -0.2) is 4.79 Å². The maximum atomic E-state index is 14.3. The van der Waals surface area contributed by atoms with Crippen molar-refractivity contribution in [1.29, 1.82) is 5.41 Å². The van der Waals surface area contributed by atoms with E-state index in [1.54, 1.807) is 27.7 Å². The summed E-state index contributed by atoms with van der Waals surface area (Å²) in [5, 5.41) is 117. The molecule has 0 radical (unpaired) electrons. The van der Waals surface area contributed by atoms with E-state index in [4.69, 9.17) is 39.8 Å². The zero-order valence-corrected chi connectivity index (χ0v) is 86.5. The standard InChI is InChI=1S/C91H152N28O31/c1-16-43(10)70(118-78(137)52(21-17-18-28-92)107-76(135)51(93)20-19-29-99-91(97)98)89(148)119-71(48(15)122)85(144)101-36-65(128)115-67(40(4)5)86(145)105-45(12)73(132)102-44(11)72(131)100-35-64(127)106-59(37-120)83(142)104-46(13)74(133)114-60(38-121)84(143)109-54(31-49-22-24-50(123)25-23-49)80(139)110-57(34-66(129)130)79(138)103-47(14)75(134)116-68(41(6)7)87(146)112-56(33-63(96)126)82(141)117-69(42(8)9)88(147)111-55(32-62(95)125)81(140)108-53(26-27-61(94)124)77(136)113-58(90(149)150)30-39(2)3/h22-25,39-48,51-60,67-71,120-123H,16-21,26-38,92-93H2,1-15H3,(H2,94,124)(H2,95,125)(H2,96,126)(H,100,131)(H,101,144)(H,102,132)(H,103,138)(H,104,142)(H,105,145)(H,106,127)(H,107,135)(H,108,140)(H,109,143)(H,110,139)(H,111,147)(H,112,146)(H,113,136)(H,114,133)(H,115,128)(H,116,134)(H,117,141)(H,118,137)(H,119,148)(H,129,130)(H,149,150)(H4,97,98,99)/t43-,44-,45-,46-,47-,48+,51-,52-,53-,54-,55-,56-,57-,58-,59-,60-,67-,68-,69-,70-,71-/m0/s1. The molecule has 59 heteroatoms. The molecule has 0 bridgehead atoms. The van der Waals surface area contributed by atoms with E-state index in [1.165, 1.54) is 86.6 Å². The molecule has 0 aliphatic heterocycles. The van der Waals surface area contributed by atoms with E-state index in [2.05, 4.69) is 112 Å². The van der Waals surface area contributed by atoms with Gasteiger partial charge in [0, 0.05) is 19.4 Å². The van der Waals surface area contributed by atoms with Crippen LogP contribution in [0.2, 0.25) is 0 Å². The second-order valence-electron chi connectivity index (χ2n) is 37.3. The summed E-state index contributed by atoms with van der Waals surface area (Å²) in [4.78, 5) is 335. The van der Waals surface area contributed by atoms with Gasteiger partial charge in [0.15, 0.2) is 5.96 Å². The van der Waals surface area contributed by atoms with Crippen molar-refractivity contribution in [2.45, 2.75) is 308 Å². The fraction of sp³-hybridized carbons (Fsp3) is 0.648. The SMILES string of the molecule is CC[C@H](C)[C@H](NC(=O)[C@H](CCCCN)NC(=O)[C@@H](N)CCCNC(=N)N)C(=O)N[C@H](C(=O)NCC(=O)N[C@H](C(=O)N[C@@H](C)C(=O)N[C@@H](C)C(=O)NCC(=O)N[C@@H](CO)C(=O)N[C@@H](C)C(=O)N[C@@H](CO)C(=O)N[C@@H](Cc1ccc(O)cc1)C(=O)N[C@@H](CC(=O)O)C(=O)N[C@@H](C)C(=O)N[C@H](C(=O)N[C@@H](CC(N)=O)C(=O)N[C@H](C(=O)N[C@@H](CC(N)=O)C(=O)N[C@@H](CCC(N)=O)C(=O)N[C@@H](CC(C)C)C(=O)O)C(C)C)C(C)C)C(C)C)[C@@H](C)O. The summed E-state index contributed by atoms with van der Waals surface area (Å²) < 4.78 is 0. The molecule has 0 spiro atoms. The number of aliphatic hydroxyl groups excluding tert-OH is 3. The summed E-state index contributed by atoms with van der Waals surface area (Å²) in [6.07, 6.45) is -4.56. The molecule has 0 unspecified atom stereocenters. The summed E-state index contributed by atoms with van der Waals surface area (Å²) in [6, 6.07) is -26.4. The first-order valence-electron chi connectivity index (χ1n) is 48.5. The number of rotatable bonds is 70. The molecule has 0 heterocycles. The highest BCUT2D eigenvalue weighted by Crippen LogP contribution is 2.18. The molecule has 23 amide bonds. The first-order chi connectivity index (χ1) is 69.9. The van der Waals surface area contributed by atoms with Crippen molar-refractivity contribution in [1.82, 2.24) is 112 Å². The summed E-state index contributed by atoms with van der Waals surface area (Å²) in [6.45, 7) is 17.3. The molecule has 842 valence electrons. The number of carboxylic acid groups (broad SMARTS) is 2. The zero-order valence-electron chi connectivity index (χ0n) is 86.5.